The lowest BCUT2D eigenvalue weighted by Crippen LogP contribution is -2.31. The van der Waals surface area contributed by atoms with Crippen molar-refractivity contribution < 1.29 is 14.3 Å². The maximum absolute atomic E-state index is 11.9. The number of rotatable bonds is 5. The standard InChI is InChI=1S/C19H18ClNO3/c1-23-18-7-13(11-21-12-18)5-6-19(22)24-17-9-15(10-17)14-3-2-4-16(20)8-14/h2-8,11-12,15,17H,9-10H2,1H3/b6-5+. The Hall–Kier alpha value is -2.33. The molecule has 1 saturated carbocycles. The van der Waals surface area contributed by atoms with Gasteiger partial charge in [0.05, 0.1) is 13.3 Å². The molecule has 3 rings (SSSR count). The Morgan fingerprint density at radius 2 is 2.12 bits per heavy atom. The third-order valence-electron chi connectivity index (χ3n) is 4.08. The first-order valence-corrected chi connectivity index (χ1v) is 8.15. The SMILES string of the molecule is COc1cncc(/C=C/C(=O)OC2CC(c3cccc(Cl)c3)C2)c1. The van der Waals surface area contributed by atoms with Gasteiger partial charge in [-0.05, 0) is 54.2 Å². The minimum Gasteiger partial charge on any atom is -0.495 e. The van der Waals surface area contributed by atoms with Crippen LogP contribution >= 0.6 is 11.6 Å². The van der Waals surface area contributed by atoms with Crippen molar-refractivity contribution in [3.8, 4) is 5.75 Å². The van der Waals surface area contributed by atoms with E-state index >= 15 is 0 Å². The summed E-state index contributed by atoms with van der Waals surface area (Å²) < 4.78 is 10.5. The number of ether oxygens (including phenoxy) is 2. The van der Waals surface area contributed by atoms with E-state index in [0.717, 1.165) is 23.4 Å². The molecule has 0 unspecified atom stereocenters. The van der Waals surface area contributed by atoms with E-state index < -0.39 is 0 Å². The zero-order valence-corrected chi connectivity index (χ0v) is 14.1. The molecule has 0 saturated heterocycles. The van der Waals surface area contributed by atoms with Crippen molar-refractivity contribution in [2.24, 2.45) is 0 Å². The van der Waals surface area contributed by atoms with Gasteiger partial charge < -0.3 is 9.47 Å². The van der Waals surface area contributed by atoms with Gasteiger partial charge in [0, 0.05) is 17.3 Å². The van der Waals surface area contributed by atoms with Crippen LogP contribution in [0.1, 0.15) is 29.9 Å². The Bertz CT molecular complexity index is 754. The first-order chi connectivity index (χ1) is 11.6. The summed E-state index contributed by atoms with van der Waals surface area (Å²) in [4.78, 5) is 15.9. The van der Waals surface area contributed by atoms with Gasteiger partial charge in [-0.15, -0.1) is 0 Å². The van der Waals surface area contributed by atoms with Crippen molar-refractivity contribution in [1.29, 1.82) is 0 Å². The van der Waals surface area contributed by atoms with Crippen molar-refractivity contribution in [2.75, 3.05) is 7.11 Å². The summed E-state index contributed by atoms with van der Waals surface area (Å²) in [7, 11) is 1.58. The molecular formula is C19H18ClNO3. The molecule has 1 fully saturated rings. The number of methoxy groups -OCH3 is 1. The smallest absolute Gasteiger partial charge is 0.331 e. The molecule has 0 bridgehead atoms. The molecule has 124 valence electrons. The minimum atomic E-state index is -0.340. The first kappa shape index (κ1) is 16.5. The maximum Gasteiger partial charge on any atom is 0.331 e. The van der Waals surface area contributed by atoms with Gasteiger partial charge in [0.2, 0.25) is 0 Å². The molecule has 0 atom stereocenters. The number of carbonyl (C=O) groups excluding carboxylic acids is 1. The fourth-order valence-corrected chi connectivity index (χ4v) is 2.90. The monoisotopic (exact) mass is 343 g/mol. The highest BCUT2D eigenvalue weighted by molar-refractivity contribution is 6.30. The lowest BCUT2D eigenvalue weighted by Gasteiger charge is -2.34. The van der Waals surface area contributed by atoms with Gasteiger partial charge in [0.15, 0.2) is 0 Å². The summed E-state index contributed by atoms with van der Waals surface area (Å²) in [6.45, 7) is 0. The molecule has 1 aliphatic rings. The van der Waals surface area contributed by atoms with E-state index in [1.54, 1.807) is 31.6 Å². The Labute approximate surface area is 146 Å². The molecular weight excluding hydrogens is 326 g/mol. The Morgan fingerprint density at radius 3 is 2.88 bits per heavy atom. The number of carbonyl (C=O) groups is 1. The number of hydrogen-bond donors (Lipinski definition) is 0. The first-order valence-electron chi connectivity index (χ1n) is 7.77. The topological polar surface area (TPSA) is 48.4 Å². The van der Waals surface area contributed by atoms with Crippen LogP contribution in [0.15, 0.2) is 48.8 Å². The number of esters is 1. The van der Waals surface area contributed by atoms with Crippen LogP contribution in [-0.4, -0.2) is 24.2 Å². The van der Waals surface area contributed by atoms with Gasteiger partial charge in [0.1, 0.15) is 11.9 Å². The second-order valence-corrected chi connectivity index (χ2v) is 6.21. The lowest BCUT2D eigenvalue weighted by molar-refractivity contribution is -0.147. The van der Waals surface area contributed by atoms with E-state index in [1.807, 2.05) is 18.2 Å². The largest absolute Gasteiger partial charge is 0.495 e. The third-order valence-corrected chi connectivity index (χ3v) is 4.31. The van der Waals surface area contributed by atoms with Gasteiger partial charge in [-0.2, -0.15) is 0 Å². The van der Waals surface area contributed by atoms with Crippen LogP contribution in [0, 0.1) is 0 Å². The van der Waals surface area contributed by atoms with E-state index in [9.17, 15) is 4.79 Å². The van der Waals surface area contributed by atoms with Crippen molar-refractivity contribution in [3.05, 3.63) is 65.0 Å². The molecule has 4 nitrogen and oxygen atoms in total. The molecule has 0 spiro atoms. The number of benzene rings is 1. The quantitative estimate of drug-likeness (QED) is 0.601. The molecule has 5 heteroatoms. The molecule has 0 aliphatic heterocycles. The van der Waals surface area contributed by atoms with E-state index in [1.165, 1.54) is 11.6 Å². The second kappa shape index (κ2) is 7.49. The highest BCUT2D eigenvalue weighted by atomic mass is 35.5. The normalized spacial score (nSPS) is 19.8. The number of aromatic nitrogens is 1. The van der Waals surface area contributed by atoms with Crippen LogP contribution in [0.5, 0.6) is 5.75 Å². The number of hydrogen-bond acceptors (Lipinski definition) is 4. The molecule has 1 heterocycles. The van der Waals surface area contributed by atoms with Crippen LogP contribution in [0.3, 0.4) is 0 Å². The van der Waals surface area contributed by atoms with Crippen LogP contribution in [-0.2, 0) is 9.53 Å². The molecule has 1 aromatic carbocycles. The van der Waals surface area contributed by atoms with Crippen LogP contribution in [0.4, 0.5) is 0 Å². The van der Waals surface area contributed by atoms with Crippen molar-refractivity contribution in [1.82, 2.24) is 4.98 Å². The summed E-state index contributed by atoms with van der Waals surface area (Å²) >= 11 is 6.00. The zero-order chi connectivity index (χ0) is 16.9. The third kappa shape index (κ3) is 4.15. The average Bonchev–Trinajstić information content (AvgIpc) is 2.56. The molecule has 1 aliphatic carbocycles. The van der Waals surface area contributed by atoms with E-state index in [2.05, 4.69) is 11.1 Å². The summed E-state index contributed by atoms with van der Waals surface area (Å²) in [6, 6.07) is 9.64. The fourth-order valence-electron chi connectivity index (χ4n) is 2.70. The zero-order valence-electron chi connectivity index (χ0n) is 13.3. The average molecular weight is 344 g/mol. The Morgan fingerprint density at radius 1 is 1.29 bits per heavy atom. The molecule has 2 aromatic rings. The van der Waals surface area contributed by atoms with Gasteiger partial charge in [-0.3, -0.25) is 4.98 Å². The van der Waals surface area contributed by atoms with Crippen LogP contribution < -0.4 is 4.74 Å². The van der Waals surface area contributed by atoms with Gasteiger partial charge in [-0.1, -0.05) is 23.7 Å². The van der Waals surface area contributed by atoms with E-state index in [-0.39, 0.29) is 12.1 Å². The highest BCUT2D eigenvalue weighted by Gasteiger charge is 2.32. The predicted octanol–water partition coefficient (Wildman–Crippen LogP) is 4.25. The van der Waals surface area contributed by atoms with Gasteiger partial charge in [-0.25, -0.2) is 4.79 Å². The summed E-state index contributed by atoms with van der Waals surface area (Å²) in [5, 5.41) is 0.739. The van der Waals surface area contributed by atoms with Crippen LogP contribution in [0.25, 0.3) is 6.08 Å². The van der Waals surface area contributed by atoms with E-state index in [4.69, 9.17) is 21.1 Å². The molecule has 0 N–H and O–H groups in total. The fraction of sp³-hybridized carbons (Fsp3) is 0.263. The van der Waals surface area contributed by atoms with Crippen LogP contribution in [0.2, 0.25) is 5.02 Å². The van der Waals surface area contributed by atoms with Gasteiger partial charge in [0.25, 0.3) is 0 Å². The van der Waals surface area contributed by atoms with Gasteiger partial charge >= 0.3 is 5.97 Å². The van der Waals surface area contributed by atoms with Crippen molar-refractivity contribution >= 4 is 23.6 Å². The predicted molar refractivity (Wildman–Crippen MR) is 93.1 cm³/mol. The lowest BCUT2D eigenvalue weighted by atomic mass is 9.77. The summed E-state index contributed by atoms with van der Waals surface area (Å²) in [5.74, 6) is 0.717. The molecule has 0 radical (unpaired) electrons. The number of pyridine rings is 1. The van der Waals surface area contributed by atoms with Crippen molar-refractivity contribution in [3.63, 3.8) is 0 Å². The molecule has 1 aromatic heterocycles. The molecule has 24 heavy (non-hydrogen) atoms. The maximum atomic E-state index is 11.9. The summed E-state index contributed by atoms with van der Waals surface area (Å²) in [5.41, 5.74) is 1.99. The Kier molecular flexibility index (Phi) is 5.16. The second-order valence-electron chi connectivity index (χ2n) is 5.77. The highest BCUT2D eigenvalue weighted by Crippen LogP contribution is 2.39. The number of halogens is 1. The van der Waals surface area contributed by atoms with E-state index in [0.29, 0.717) is 11.7 Å². The summed E-state index contributed by atoms with van der Waals surface area (Å²) in [6.07, 6.45) is 8.00. The number of nitrogens with zero attached hydrogens (tertiary/aromatic N) is 1. The Balaban J connectivity index is 1.49. The molecule has 0 amide bonds. The minimum absolute atomic E-state index is 0.0328. The van der Waals surface area contributed by atoms with Crippen molar-refractivity contribution in [2.45, 2.75) is 24.9 Å².